The molecule has 0 amide bonds. The number of esters is 2. The van der Waals surface area contributed by atoms with E-state index in [0.29, 0.717) is 4.47 Å². The molecule has 7 nitrogen and oxygen atoms in total. The number of ketones is 1. The number of fused-ring (bicyclic) bond motifs is 1. The molecule has 2 aliphatic rings. The summed E-state index contributed by atoms with van der Waals surface area (Å²) in [5.41, 5.74) is -1.74. The van der Waals surface area contributed by atoms with Gasteiger partial charge in [-0.2, -0.15) is 0 Å². The number of phenols is 1. The Morgan fingerprint density at radius 3 is 2.78 bits per heavy atom. The molecule has 3 rings (SSSR count). The fourth-order valence-corrected chi connectivity index (χ4v) is 3.24. The molecule has 1 aromatic carbocycles. The number of carbonyl (C=O) groups excluding carboxylic acids is 3. The quantitative estimate of drug-likeness (QED) is 0.775. The van der Waals surface area contributed by atoms with E-state index in [9.17, 15) is 19.5 Å². The van der Waals surface area contributed by atoms with E-state index in [1.807, 2.05) is 0 Å². The van der Waals surface area contributed by atoms with Gasteiger partial charge in [0.15, 0.2) is 11.9 Å². The highest BCUT2D eigenvalue weighted by Crippen LogP contribution is 2.45. The van der Waals surface area contributed by atoms with E-state index in [4.69, 9.17) is 14.2 Å². The third-order valence-electron chi connectivity index (χ3n) is 4.02. The Labute approximate surface area is 139 Å². The molecule has 0 aromatic heterocycles. The zero-order valence-electron chi connectivity index (χ0n) is 12.1. The van der Waals surface area contributed by atoms with Gasteiger partial charge in [-0.05, 0) is 34.5 Å². The predicted octanol–water partition coefficient (Wildman–Crippen LogP) is 1.74. The van der Waals surface area contributed by atoms with E-state index in [0.717, 1.165) is 0 Å². The molecule has 1 aromatic rings. The van der Waals surface area contributed by atoms with Gasteiger partial charge in [0.25, 0.3) is 0 Å². The summed E-state index contributed by atoms with van der Waals surface area (Å²) in [5, 5.41) is 10.0. The lowest BCUT2D eigenvalue weighted by Gasteiger charge is -2.38. The van der Waals surface area contributed by atoms with Gasteiger partial charge in [0.05, 0.1) is 18.0 Å². The minimum absolute atomic E-state index is 0.0109. The highest BCUT2D eigenvalue weighted by molar-refractivity contribution is 9.10. The summed E-state index contributed by atoms with van der Waals surface area (Å²) < 4.78 is 16.0. The minimum atomic E-state index is -1.73. The van der Waals surface area contributed by atoms with Crippen LogP contribution in [0.5, 0.6) is 11.5 Å². The summed E-state index contributed by atoms with van der Waals surface area (Å²) in [5.74, 6) is -1.94. The number of carbonyl (C=O) groups is 3. The first-order valence-electron chi connectivity index (χ1n) is 6.90. The van der Waals surface area contributed by atoms with Gasteiger partial charge in [-0.15, -0.1) is 0 Å². The number of phenolic OH excluding ortho intramolecular Hbond substituents is 1. The van der Waals surface area contributed by atoms with Crippen molar-refractivity contribution in [2.45, 2.75) is 31.0 Å². The molecular formula is C15H13BrO7. The van der Waals surface area contributed by atoms with Crippen LogP contribution < -0.4 is 4.74 Å². The SMILES string of the molecule is COC(=O)[C@]1([C@H]2CCC(=O)O2)CC(=O)c2c(ccc(Br)c2O)O1. The van der Waals surface area contributed by atoms with Crippen LogP contribution >= 0.6 is 15.9 Å². The third kappa shape index (κ3) is 2.37. The molecule has 0 unspecified atom stereocenters. The highest BCUT2D eigenvalue weighted by atomic mass is 79.9. The molecule has 1 saturated heterocycles. The largest absolute Gasteiger partial charge is 0.506 e. The molecule has 1 N–H and O–H groups in total. The monoisotopic (exact) mass is 384 g/mol. The van der Waals surface area contributed by atoms with Gasteiger partial charge in [0.1, 0.15) is 17.1 Å². The first kappa shape index (κ1) is 15.8. The van der Waals surface area contributed by atoms with Gasteiger partial charge in [-0.25, -0.2) is 4.79 Å². The summed E-state index contributed by atoms with van der Waals surface area (Å²) in [6.45, 7) is 0. The van der Waals surface area contributed by atoms with Crippen LogP contribution in [0.2, 0.25) is 0 Å². The lowest BCUT2D eigenvalue weighted by atomic mass is 9.84. The number of benzene rings is 1. The van der Waals surface area contributed by atoms with Crippen LogP contribution in [-0.4, -0.2) is 41.6 Å². The molecule has 0 radical (unpaired) electrons. The maximum absolute atomic E-state index is 12.5. The van der Waals surface area contributed by atoms with Gasteiger partial charge in [-0.1, -0.05) is 0 Å². The first-order chi connectivity index (χ1) is 10.9. The average Bonchev–Trinajstić information content (AvgIpc) is 2.96. The van der Waals surface area contributed by atoms with Gasteiger partial charge in [0, 0.05) is 6.42 Å². The smallest absolute Gasteiger partial charge is 0.354 e. The van der Waals surface area contributed by atoms with Crippen molar-refractivity contribution in [2.24, 2.45) is 0 Å². The van der Waals surface area contributed by atoms with Crippen LogP contribution in [0.1, 0.15) is 29.6 Å². The van der Waals surface area contributed by atoms with E-state index < -0.39 is 29.4 Å². The number of cyclic esters (lactones) is 1. The van der Waals surface area contributed by atoms with Crippen LogP contribution in [0.4, 0.5) is 0 Å². The summed E-state index contributed by atoms with van der Waals surface area (Å²) in [6.07, 6.45) is -0.905. The van der Waals surface area contributed by atoms with Crippen molar-refractivity contribution in [3.8, 4) is 11.5 Å². The number of aromatic hydroxyl groups is 1. The Hall–Kier alpha value is -2.09. The van der Waals surface area contributed by atoms with Crippen LogP contribution in [0.15, 0.2) is 16.6 Å². The number of hydrogen-bond acceptors (Lipinski definition) is 7. The minimum Gasteiger partial charge on any atom is -0.506 e. The van der Waals surface area contributed by atoms with Crippen LogP contribution in [0, 0.1) is 0 Å². The average molecular weight is 385 g/mol. The predicted molar refractivity (Wildman–Crippen MR) is 79.2 cm³/mol. The van der Waals surface area contributed by atoms with E-state index in [1.54, 1.807) is 0 Å². The Bertz CT molecular complexity index is 714. The number of hydrogen-bond donors (Lipinski definition) is 1. The molecule has 0 saturated carbocycles. The molecule has 0 aliphatic carbocycles. The molecule has 2 heterocycles. The molecule has 0 spiro atoms. The molecule has 122 valence electrons. The van der Waals surface area contributed by atoms with Gasteiger partial charge < -0.3 is 19.3 Å². The van der Waals surface area contributed by atoms with Gasteiger partial charge in [-0.3, -0.25) is 9.59 Å². The molecular weight excluding hydrogens is 372 g/mol. The van der Waals surface area contributed by atoms with Crippen LogP contribution in [-0.2, 0) is 19.1 Å². The van der Waals surface area contributed by atoms with Crippen molar-refractivity contribution < 1.29 is 33.7 Å². The maximum atomic E-state index is 12.5. The zero-order valence-corrected chi connectivity index (χ0v) is 13.7. The Kier molecular flexibility index (Phi) is 3.79. The van der Waals surface area contributed by atoms with Gasteiger partial charge >= 0.3 is 11.9 Å². The lowest BCUT2D eigenvalue weighted by molar-refractivity contribution is -0.175. The van der Waals surface area contributed by atoms with E-state index >= 15 is 0 Å². The zero-order chi connectivity index (χ0) is 16.8. The standard InChI is InChI=1S/C15H13BrO7/c1-21-14(20)15(10-4-5-11(18)22-10)6-8(17)12-9(23-15)3-2-7(16)13(12)19/h2-3,10,19H,4-6H2,1H3/t10-,15-/m1/s1. The van der Waals surface area contributed by atoms with Crippen molar-refractivity contribution in [1.29, 1.82) is 0 Å². The summed E-state index contributed by atoms with van der Waals surface area (Å²) in [6, 6.07) is 2.96. The number of Topliss-reactive ketones (excluding diaryl/α,β-unsaturated/α-hetero) is 1. The van der Waals surface area contributed by atoms with E-state index in [2.05, 4.69) is 15.9 Å². The number of rotatable bonds is 2. The second-order valence-corrected chi connectivity index (χ2v) is 6.22. The summed E-state index contributed by atoms with van der Waals surface area (Å²) in [4.78, 5) is 36.3. The molecule has 0 bridgehead atoms. The van der Waals surface area contributed by atoms with Crippen molar-refractivity contribution in [3.05, 3.63) is 22.2 Å². The van der Waals surface area contributed by atoms with Crippen molar-refractivity contribution >= 4 is 33.7 Å². The topological polar surface area (TPSA) is 99.1 Å². The number of ether oxygens (including phenoxy) is 3. The summed E-state index contributed by atoms with van der Waals surface area (Å²) >= 11 is 3.13. The fourth-order valence-electron chi connectivity index (χ4n) is 2.91. The Morgan fingerprint density at radius 2 is 2.17 bits per heavy atom. The summed E-state index contributed by atoms with van der Waals surface area (Å²) in [7, 11) is 1.17. The molecule has 1 fully saturated rings. The Morgan fingerprint density at radius 1 is 1.43 bits per heavy atom. The number of halogens is 1. The van der Waals surface area contributed by atoms with Crippen molar-refractivity contribution in [1.82, 2.24) is 0 Å². The van der Waals surface area contributed by atoms with Crippen LogP contribution in [0.3, 0.4) is 0 Å². The molecule has 2 aliphatic heterocycles. The highest BCUT2D eigenvalue weighted by Gasteiger charge is 2.57. The van der Waals surface area contributed by atoms with Crippen molar-refractivity contribution in [3.63, 3.8) is 0 Å². The normalized spacial score (nSPS) is 26.3. The fraction of sp³-hybridized carbons (Fsp3) is 0.400. The Balaban J connectivity index is 2.09. The van der Waals surface area contributed by atoms with E-state index in [-0.39, 0.29) is 36.3 Å². The third-order valence-corrected chi connectivity index (χ3v) is 4.66. The number of methoxy groups -OCH3 is 1. The van der Waals surface area contributed by atoms with Gasteiger partial charge in [0.2, 0.25) is 5.60 Å². The molecule has 23 heavy (non-hydrogen) atoms. The van der Waals surface area contributed by atoms with Crippen molar-refractivity contribution in [2.75, 3.05) is 7.11 Å². The molecule has 2 atom stereocenters. The second kappa shape index (κ2) is 5.52. The first-order valence-corrected chi connectivity index (χ1v) is 7.70. The lowest BCUT2D eigenvalue weighted by Crippen LogP contribution is -2.58. The van der Waals surface area contributed by atoms with E-state index in [1.165, 1.54) is 19.2 Å². The maximum Gasteiger partial charge on any atom is 0.354 e. The second-order valence-electron chi connectivity index (χ2n) is 5.37. The molecule has 8 heteroatoms. The van der Waals surface area contributed by atoms with Crippen LogP contribution in [0.25, 0.3) is 0 Å².